The molecule has 0 amide bonds. The molecule has 26 heavy (non-hydrogen) atoms. The molecular formula is C20H18ClN3O2. The van der Waals surface area contributed by atoms with Crippen LogP contribution in [0.15, 0.2) is 61.2 Å². The lowest BCUT2D eigenvalue weighted by molar-refractivity contribution is -0.0704. The monoisotopic (exact) mass is 367 g/mol. The molecule has 3 aromatic rings. The first-order valence-electron chi connectivity index (χ1n) is 8.69. The van der Waals surface area contributed by atoms with Crippen molar-refractivity contribution in [1.82, 2.24) is 14.8 Å². The molecule has 1 aliphatic carbocycles. The Morgan fingerprint density at radius 3 is 2.77 bits per heavy atom. The van der Waals surface area contributed by atoms with E-state index in [4.69, 9.17) is 16.3 Å². The van der Waals surface area contributed by atoms with Gasteiger partial charge in [0.25, 0.3) is 0 Å². The lowest BCUT2D eigenvalue weighted by Crippen LogP contribution is -2.50. The first-order valence-corrected chi connectivity index (χ1v) is 9.07. The molecule has 2 aliphatic rings. The first kappa shape index (κ1) is 16.0. The highest BCUT2D eigenvalue weighted by Crippen LogP contribution is 2.64. The summed E-state index contributed by atoms with van der Waals surface area (Å²) in [6.07, 6.45) is 4.57. The maximum absolute atomic E-state index is 11.9. The summed E-state index contributed by atoms with van der Waals surface area (Å²) in [4.78, 5) is 4.02. The number of fused-ring (bicyclic) bond motifs is 1. The van der Waals surface area contributed by atoms with Crippen LogP contribution in [0.5, 0.6) is 0 Å². The maximum atomic E-state index is 11.9. The van der Waals surface area contributed by atoms with Crippen LogP contribution >= 0.6 is 11.6 Å². The number of nitrogens with zero attached hydrogens (tertiary/aromatic N) is 3. The lowest BCUT2D eigenvalue weighted by atomic mass is 9.68. The standard InChI is InChI=1S/C20H18ClN3O2/c21-16-7-5-15(6-8-16)18-20(26-18)10-9-14-3-1-2-4-17(14)19(20,25)11-24-13-22-12-23-24/h1-8,12-13,18,25H,9-11H2. The van der Waals surface area contributed by atoms with Gasteiger partial charge in [-0.05, 0) is 41.7 Å². The molecule has 1 spiro atoms. The summed E-state index contributed by atoms with van der Waals surface area (Å²) in [5.41, 5.74) is 1.26. The van der Waals surface area contributed by atoms with Crippen LogP contribution in [0.2, 0.25) is 5.02 Å². The molecule has 1 N–H and O–H groups in total. The summed E-state index contributed by atoms with van der Waals surface area (Å²) >= 11 is 6.02. The van der Waals surface area contributed by atoms with E-state index in [2.05, 4.69) is 16.1 Å². The predicted molar refractivity (Wildman–Crippen MR) is 96.7 cm³/mol. The van der Waals surface area contributed by atoms with Gasteiger partial charge in [0.1, 0.15) is 30.0 Å². The van der Waals surface area contributed by atoms with Crippen molar-refractivity contribution in [2.24, 2.45) is 0 Å². The molecule has 5 nitrogen and oxygen atoms in total. The van der Waals surface area contributed by atoms with E-state index in [1.807, 2.05) is 42.5 Å². The summed E-state index contributed by atoms with van der Waals surface area (Å²) in [6.45, 7) is 0.300. The lowest BCUT2D eigenvalue weighted by Gasteiger charge is -2.40. The van der Waals surface area contributed by atoms with E-state index in [1.165, 1.54) is 6.33 Å². The second-order valence-corrected chi connectivity index (χ2v) is 7.49. The molecule has 1 aliphatic heterocycles. The molecule has 3 atom stereocenters. The normalized spacial score (nSPS) is 29.5. The minimum atomic E-state index is -1.18. The van der Waals surface area contributed by atoms with Crippen LogP contribution in [0.25, 0.3) is 0 Å². The smallest absolute Gasteiger partial charge is 0.141 e. The Bertz CT molecular complexity index is 944. The third-order valence-electron chi connectivity index (χ3n) is 5.65. The fourth-order valence-corrected chi connectivity index (χ4v) is 4.45. The van der Waals surface area contributed by atoms with Crippen molar-refractivity contribution in [3.63, 3.8) is 0 Å². The Kier molecular flexibility index (Phi) is 3.47. The quantitative estimate of drug-likeness (QED) is 0.721. The molecule has 2 aromatic carbocycles. The zero-order valence-corrected chi connectivity index (χ0v) is 14.8. The minimum absolute atomic E-state index is 0.165. The predicted octanol–water partition coefficient (Wildman–Crippen LogP) is 3.28. The fraction of sp³-hybridized carbons (Fsp3) is 0.300. The average molecular weight is 368 g/mol. The van der Waals surface area contributed by atoms with Crippen molar-refractivity contribution in [3.05, 3.63) is 82.9 Å². The molecule has 0 radical (unpaired) electrons. The Morgan fingerprint density at radius 2 is 2.00 bits per heavy atom. The van der Waals surface area contributed by atoms with Gasteiger partial charge in [0.15, 0.2) is 0 Å². The molecule has 0 saturated carbocycles. The van der Waals surface area contributed by atoms with Crippen molar-refractivity contribution in [3.8, 4) is 0 Å². The van der Waals surface area contributed by atoms with E-state index >= 15 is 0 Å². The number of rotatable bonds is 3. The van der Waals surface area contributed by atoms with Gasteiger partial charge in [0.05, 0.1) is 6.54 Å². The van der Waals surface area contributed by atoms with E-state index in [0.717, 1.165) is 29.5 Å². The first-order chi connectivity index (χ1) is 12.6. The number of aliphatic hydroxyl groups is 1. The van der Waals surface area contributed by atoms with Gasteiger partial charge in [-0.3, -0.25) is 0 Å². The molecule has 1 fully saturated rings. The molecule has 1 aromatic heterocycles. The number of benzene rings is 2. The highest BCUT2D eigenvalue weighted by atomic mass is 35.5. The minimum Gasteiger partial charge on any atom is -0.380 e. The second kappa shape index (κ2) is 5.64. The Hall–Kier alpha value is -2.21. The molecular weight excluding hydrogens is 350 g/mol. The van der Waals surface area contributed by atoms with E-state index in [0.29, 0.717) is 11.6 Å². The van der Waals surface area contributed by atoms with Crippen molar-refractivity contribution < 1.29 is 9.84 Å². The van der Waals surface area contributed by atoms with Gasteiger partial charge >= 0.3 is 0 Å². The molecule has 5 rings (SSSR count). The summed E-state index contributed by atoms with van der Waals surface area (Å²) in [6, 6.07) is 15.7. The van der Waals surface area contributed by atoms with Crippen LogP contribution in [0.3, 0.4) is 0 Å². The van der Waals surface area contributed by atoms with E-state index < -0.39 is 11.2 Å². The largest absolute Gasteiger partial charge is 0.380 e. The van der Waals surface area contributed by atoms with Gasteiger partial charge in [-0.15, -0.1) is 0 Å². The van der Waals surface area contributed by atoms with E-state index in [-0.39, 0.29) is 6.10 Å². The Morgan fingerprint density at radius 1 is 1.19 bits per heavy atom. The number of aryl methyl sites for hydroxylation is 1. The van der Waals surface area contributed by atoms with E-state index in [1.54, 1.807) is 11.0 Å². The highest BCUT2D eigenvalue weighted by Gasteiger charge is 2.71. The zero-order valence-electron chi connectivity index (χ0n) is 14.0. The molecule has 132 valence electrons. The van der Waals surface area contributed by atoms with Crippen LogP contribution in [0.1, 0.15) is 29.2 Å². The molecule has 1 saturated heterocycles. The van der Waals surface area contributed by atoms with Crippen LogP contribution in [0, 0.1) is 0 Å². The third kappa shape index (κ3) is 2.24. The number of hydrogen-bond acceptors (Lipinski definition) is 4. The van der Waals surface area contributed by atoms with E-state index in [9.17, 15) is 5.11 Å². The van der Waals surface area contributed by atoms with Crippen LogP contribution < -0.4 is 0 Å². The third-order valence-corrected chi connectivity index (χ3v) is 5.91. The molecule has 0 bridgehead atoms. The second-order valence-electron chi connectivity index (χ2n) is 7.05. The van der Waals surface area contributed by atoms with Crippen LogP contribution in [-0.2, 0) is 23.3 Å². The average Bonchev–Trinajstić information content (AvgIpc) is 3.17. The number of hydrogen-bond donors (Lipinski definition) is 1. The van der Waals surface area contributed by atoms with Gasteiger partial charge in [0, 0.05) is 5.02 Å². The van der Waals surface area contributed by atoms with Gasteiger partial charge in [-0.1, -0.05) is 48.0 Å². The molecule has 6 heteroatoms. The zero-order chi connectivity index (χ0) is 17.8. The van der Waals surface area contributed by atoms with Crippen LogP contribution in [-0.4, -0.2) is 25.5 Å². The molecule has 3 unspecified atom stereocenters. The van der Waals surface area contributed by atoms with Gasteiger partial charge in [-0.2, -0.15) is 5.10 Å². The number of halogens is 1. The van der Waals surface area contributed by atoms with Gasteiger partial charge in [0.2, 0.25) is 0 Å². The maximum Gasteiger partial charge on any atom is 0.141 e. The SMILES string of the molecule is OC1(Cn2cncn2)c2ccccc2CCC12OC2c1ccc(Cl)cc1. The van der Waals surface area contributed by atoms with Crippen molar-refractivity contribution in [1.29, 1.82) is 0 Å². The van der Waals surface area contributed by atoms with Crippen molar-refractivity contribution in [2.75, 3.05) is 0 Å². The summed E-state index contributed by atoms with van der Waals surface area (Å²) in [5, 5.41) is 16.8. The molecule has 2 heterocycles. The number of epoxide rings is 1. The topological polar surface area (TPSA) is 63.5 Å². The van der Waals surface area contributed by atoms with Crippen molar-refractivity contribution in [2.45, 2.75) is 36.7 Å². The van der Waals surface area contributed by atoms with Gasteiger partial charge < -0.3 is 9.84 Å². The van der Waals surface area contributed by atoms with Gasteiger partial charge in [-0.25, -0.2) is 9.67 Å². The Balaban J connectivity index is 1.60. The fourth-order valence-electron chi connectivity index (χ4n) is 4.32. The highest BCUT2D eigenvalue weighted by molar-refractivity contribution is 6.30. The van der Waals surface area contributed by atoms with Crippen LogP contribution in [0.4, 0.5) is 0 Å². The summed E-state index contributed by atoms with van der Waals surface area (Å²) in [5.74, 6) is 0. The summed E-state index contributed by atoms with van der Waals surface area (Å²) < 4.78 is 7.91. The summed E-state index contributed by atoms with van der Waals surface area (Å²) in [7, 11) is 0. The van der Waals surface area contributed by atoms with Crippen molar-refractivity contribution >= 4 is 11.6 Å². The number of ether oxygens (including phenoxy) is 1. The Labute approximate surface area is 156 Å². The number of aromatic nitrogens is 3.